The Morgan fingerprint density at radius 1 is 1.10 bits per heavy atom. The van der Waals surface area contributed by atoms with Crippen molar-refractivity contribution in [1.82, 2.24) is 0 Å². The highest BCUT2D eigenvalue weighted by Crippen LogP contribution is 2.38. The summed E-state index contributed by atoms with van der Waals surface area (Å²) in [5, 5.41) is 3.01. The predicted molar refractivity (Wildman–Crippen MR) is 82.7 cm³/mol. The number of anilines is 1. The van der Waals surface area contributed by atoms with Crippen LogP contribution in [0.25, 0.3) is 0 Å². The van der Waals surface area contributed by atoms with Gasteiger partial charge >= 0.3 is 0 Å². The highest BCUT2D eigenvalue weighted by molar-refractivity contribution is 14.1. The van der Waals surface area contributed by atoms with Crippen LogP contribution in [0, 0.1) is 20.3 Å². The van der Waals surface area contributed by atoms with E-state index in [9.17, 15) is 13.2 Å². The van der Waals surface area contributed by atoms with Gasteiger partial charge in [-0.05, 0) is 53.5 Å². The molecule has 2 aromatic rings. The van der Waals surface area contributed by atoms with Gasteiger partial charge in [-0.3, -0.25) is 0 Å². The first-order chi connectivity index (χ1) is 9.54. The number of rotatable bonds is 2. The molecule has 0 amide bonds. The van der Waals surface area contributed by atoms with Crippen molar-refractivity contribution in [2.45, 2.75) is 25.3 Å². The molecule has 1 aliphatic carbocycles. The summed E-state index contributed by atoms with van der Waals surface area (Å²) in [6.45, 7) is 0. The predicted octanol–water partition coefficient (Wildman–Crippen LogP) is 5.26. The molecule has 1 aromatic heterocycles. The molecule has 1 N–H and O–H groups in total. The van der Waals surface area contributed by atoms with Gasteiger partial charge in [0.2, 0.25) is 0 Å². The third-order valence-corrected chi connectivity index (χ3v) is 5.39. The normalized spacial score (nSPS) is 17.9. The first kappa shape index (κ1) is 14.2. The fourth-order valence-electron chi connectivity index (χ4n) is 2.49. The van der Waals surface area contributed by atoms with E-state index in [1.54, 1.807) is 11.3 Å². The van der Waals surface area contributed by atoms with Crippen LogP contribution in [0.4, 0.5) is 18.9 Å². The highest BCUT2D eigenvalue weighted by atomic mass is 127. The Morgan fingerprint density at radius 2 is 1.85 bits per heavy atom. The first-order valence-electron chi connectivity index (χ1n) is 6.24. The van der Waals surface area contributed by atoms with Gasteiger partial charge in [-0.1, -0.05) is 0 Å². The first-order valence-corrected chi connectivity index (χ1v) is 8.13. The van der Waals surface area contributed by atoms with E-state index in [0.29, 0.717) is 6.07 Å². The minimum absolute atomic E-state index is 0.0166. The lowest BCUT2D eigenvalue weighted by molar-refractivity contribution is 0.494. The minimum atomic E-state index is -1.16. The molecular formula is C14H11F3INS. The Balaban J connectivity index is 1.91. The molecule has 20 heavy (non-hydrogen) atoms. The van der Waals surface area contributed by atoms with Crippen molar-refractivity contribution in [2.24, 2.45) is 0 Å². The van der Waals surface area contributed by atoms with Crippen LogP contribution in [-0.4, -0.2) is 0 Å². The summed E-state index contributed by atoms with van der Waals surface area (Å²) in [6, 6.07) is 3.50. The lowest BCUT2D eigenvalue weighted by Gasteiger charge is -2.25. The Labute approximate surface area is 132 Å². The lowest BCUT2D eigenvalue weighted by Crippen LogP contribution is -2.16. The number of aryl methyl sites for hydroxylation is 1. The number of halogens is 4. The molecule has 1 aromatic carbocycles. The van der Waals surface area contributed by atoms with E-state index >= 15 is 0 Å². The maximum atomic E-state index is 13.7. The maximum absolute atomic E-state index is 13.7. The summed E-state index contributed by atoms with van der Waals surface area (Å²) in [6.07, 6.45) is 2.90. The number of nitrogens with one attached hydrogen (secondary N) is 1. The van der Waals surface area contributed by atoms with Crippen LogP contribution in [0.1, 0.15) is 29.3 Å². The molecule has 0 aliphatic heterocycles. The SMILES string of the molecule is Fc1cc(F)c(NC2CCCc3sc(I)cc32)cc1F. The largest absolute Gasteiger partial charge is 0.376 e. The van der Waals surface area contributed by atoms with E-state index in [4.69, 9.17) is 0 Å². The number of benzene rings is 1. The van der Waals surface area contributed by atoms with Crippen LogP contribution in [-0.2, 0) is 6.42 Å². The van der Waals surface area contributed by atoms with Crippen LogP contribution < -0.4 is 5.32 Å². The standard InChI is InChI=1S/C14H11F3INS/c15-8-5-10(17)12(6-9(8)16)19-11-2-1-3-13-7(11)4-14(18)20-13/h4-6,11,19H,1-3H2. The van der Waals surface area contributed by atoms with Crippen LogP contribution >= 0.6 is 33.9 Å². The summed E-state index contributed by atoms with van der Waals surface area (Å²) in [7, 11) is 0. The molecule has 1 unspecified atom stereocenters. The fourth-order valence-corrected chi connectivity index (χ4v) is 4.61. The zero-order chi connectivity index (χ0) is 14.3. The van der Waals surface area contributed by atoms with Gasteiger partial charge in [0.25, 0.3) is 0 Å². The molecule has 0 saturated carbocycles. The van der Waals surface area contributed by atoms with Crippen molar-refractivity contribution in [3.8, 4) is 0 Å². The average Bonchev–Trinajstić information content (AvgIpc) is 2.77. The van der Waals surface area contributed by atoms with E-state index in [2.05, 4.69) is 34.0 Å². The molecule has 0 saturated heterocycles. The molecule has 6 heteroatoms. The number of fused-ring (bicyclic) bond motifs is 1. The van der Waals surface area contributed by atoms with E-state index < -0.39 is 17.5 Å². The van der Waals surface area contributed by atoms with E-state index in [1.807, 2.05) is 0 Å². The van der Waals surface area contributed by atoms with Crippen LogP contribution in [0.3, 0.4) is 0 Å². The fraction of sp³-hybridized carbons (Fsp3) is 0.286. The summed E-state index contributed by atoms with van der Waals surface area (Å²) in [4.78, 5) is 1.29. The Morgan fingerprint density at radius 3 is 2.65 bits per heavy atom. The highest BCUT2D eigenvalue weighted by Gasteiger charge is 2.23. The molecule has 0 spiro atoms. The third-order valence-electron chi connectivity index (χ3n) is 3.42. The third kappa shape index (κ3) is 2.67. The molecule has 1 atom stereocenters. The number of thiophene rings is 1. The second-order valence-electron chi connectivity index (χ2n) is 4.76. The molecule has 3 rings (SSSR count). The van der Waals surface area contributed by atoms with Crippen molar-refractivity contribution in [1.29, 1.82) is 0 Å². The Kier molecular flexibility index (Phi) is 3.94. The van der Waals surface area contributed by atoms with Crippen molar-refractivity contribution in [3.05, 3.63) is 49.0 Å². The zero-order valence-corrected chi connectivity index (χ0v) is 13.3. The van der Waals surface area contributed by atoms with E-state index in [-0.39, 0.29) is 11.7 Å². The van der Waals surface area contributed by atoms with Crippen LogP contribution in [0.15, 0.2) is 18.2 Å². The van der Waals surface area contributed by atoms with Gasteiger partial charge in [-0.2, -0.15) is 0 Å². The van der Waals surface area contributed by atoms with Gasteiger partial charge in [-0.15, -0.1) is 11.3 Å². The average molecular weight is 409 g/mol. The lowest BCUT2D eigenvalue weighted by atomic mass is 9.94. The Hall–Kier alpha value is -0.760. The second kappa shape index (κ2) is 5.55. The van der Waals surface area contributed by atoms with Gasteiger partial charge in [0, 0.05) is 17.0 Å². The molecule has 0 radical (unpaired) electrons. The summed E-state index contributed by atoms with van der Waals surface area (Å²) in [5.74, 6) is -2.96. The van der Waals surface area contributed by atoms with Gasteiger partial charge < -0.3 is 5.32 Å². The zero-order valence-electron chi connectivity index (χ0n) is 10.4. The van der Waals surface area contributed by atoms with Gasteiger partial charge in [0.1, 0.15) is 5.82 Å². The summed E-state index contributed by atoms with van der Waals surface area (Å²) >= 11 is 4.00. The van der Waals surface area contributed by atoms with E-state index in [0.717, 1.165) is 30.9 Å². The molecule has 0 fully saturated rings. The van der Waals surface area contributed by atoms with Gasteiger partial charge in [-0.25, -0.2) is 13.2 Å². The Bertz CT molecular complexity index is 656. The van der Waals surface area contributed by atoms with Crippen molar-refractivity contribution >= 4 is 39.6 Å². The molecule has 1 aliphatic rings. The van der Waals surface area contributed by atoms with Crippen LogP contribution in [0.2, 0.25) is 0 Å². The quantitative estimate of drug-likeness (QED) is 0.527. The monoisotopic (exact) mass is 409 g/mol. The smallest absolute Gasteiger partial charge is 0.161 e. The topological polar surface area (TPSA) is 12.0 Å². The summed E-state index contributed by atoms with van der Waals surface area (Å²) in [5.41, 5.74) is 1.16. The molecule has 0 bridgehead atoms. The molecule has 106 valence electrons. The van der Waals surface area contributed by atoms with Crippen molar-refractivity contribution in [3.63, 3.8) is 0 Å². The maximum Gasteiger partial charge on any atom is 0.161 e. The number of hydrogen-bond acceptors (Lipinski definition) is 2. The molecular weight excluding hydrogens is 398 g/mol. The minimum Gasteiger partial charge on any atom is -0.376 e. The second-order valence-corrected chi connectivity index (χ2v) is 7.80. The number of hydrogen-bond donors (Lipinski definition) is 1. The molecule has 1 heterocycles. The van der Waals surface area contributed by atoms with Crippen molar-refractivity contribution < 1.29 is 13.2 Å². The van der Waals surface area contributed by atoms with E-state index in [1.165, 1.54) is 7.76 Å². The summed E-state index contributed by atoms with van der Waals surface area (Å²) < 4.78 is 41.1. The van der Waals surface area contributed by atoms with Crippen molar-refractivity contribution in [2.75, 3.05) is 5.32 Å². The van der Waals surface area contributed by atoms with Gasteiger partial charge in [0.05, 0.1) is 14.6 Å². The van der Waals surface area contributed by atoms with Gasteiger partial charge in [0.15, 0.2) is 11.6 Å². The van der Waals surface area contributed by atoms with Crippen LogP contribution in [0.5, 0.6) is 0 Å². The molecule has 1 nitrogen and oxygen atoms in total.